The molecule has 1 aromatic carbocycles. The second-order valence-electron chi connectivity index (χ2n) is 4.74. The van der Waals surface area contributed by atoms with Crippen molar-refractivity contribution in [1.82, 2.24) is 5.32 Å². The van der Waals surface area contributed by atoms with Gasteiger partial charge in [0.2, 0.25) is 0 Å². The van der Waals surface area contributed by atoms with E-state index in [1.807, 2.05) is 38.1 Å². The molecule has 2 atom stereocenters. The summed E-state index contributed by atoms with van der Waals surface area (Å²) < 4.78 is 0. The highest BCUT2D eigenvalue weighted by atomic mass is 35.5. The van der Waals surface area contributed by atoms with E-state index in [0.29, 0.717) is 6.54 Å². The Labute approximate surface area is 109 Å². The maximum absolute atomic E-state index is 9.98. The van der Waals surface area contributed by atoms with Crippen LogP contribution < -0.4 is 5.32 Å². The van der Waals surface area contributed by atoms with Gasteiger partial charge in [0.25, 0.3) is 0 Å². The van der Waals surface area contributed by atoms with Gasteiger partial charge in [0.05, 0.1) is 5.60 Å². The molecule has 2 N–H and O–H groups in total. The minimum atomic E-state index is -0.639. The van der Waals surface area contributed by atoms with Crippen LogP contribution >= 0.6 is 11.6 Å². The van der Waals surface area contributed by atoms with Gasteiger partial charge in [-0.15, -0.1) is 0 Å². The van der Waals surface area contributed by atoms with Crippen LogP contribution in [0.1, 0.15) is 45.2 Å². The molecule has 0 heterocycles. The third-order valence-corrected chi connectivity index (χ3v) is 3.42. The van der Waals surface area contributed by atoms with Crippen molar-refractivity contribution in [2.45, 2.75) is 45.3 Å². The number of rotatable bonds is 6. The summed E-state index contributed by atoms with van der Waals surface area (Å²) in [7, 11) is 0. The smallest absolute Gasteiger partial charge is 0.0741 e. The van der Waals surface area contributed by atoms with Gasteiger partial charge in [0, 0.05) is 17.6 Å². The third-order valence-electron chi connectivity index (χ3n) is 3.17. The molecule has 1 aromatic rings. The van der Waals surface area contributed by atoms with Crippen LogP contribution in [-0.4, -0.2) is 17.3 Å². The molecule has 3 heteroatoms. The van der Waals surface area contributed by atoms with Crippen LogP contribution in [0.5, 0.6) is 0 Å². The van der Waals surface area contributed by atoms with Crippen molar-refractivity contribution in [3.05, 3.63) is 34.9 Å². The Morgan fingerprint density at radius 2 is 1.88 bits per heavy atom. The second kappa shape index (κ2) is 6.39. The van der Waals surface area contributed by atoms with E-state index in [-0.39, 0.29) is 6.04 Å². The minimum Gasteiger partial charge on any atom is -0.389 e. The van der Waals surface area contributed by atoms with Gasteiger partial charge in [-0.1, -0.05) is 37.6 Å². The molecule has 96 valence electrons. The van der Waals surface area contributed by atoms with Crippen molar-refractivity contribution in [3.8, 4) is 0 Å². The van der Waals surface area contributed by atoms with Crippen molar-refractivity contribution >= 4 is 11.6 Å². The summed E-state index contributed by atoms with van der Waals surface area (Å²) in [4.78, 5) is 0. The molecule has 0 radical (unpaired) electrons. The molecule has 0 aliphatic heterocycles. The molecule has 2 unspecified atom stereocenters. The first-order valence-electron chi connectivity index (χ1n) is 6.19. The van der Waals surface area contributed by atoms with Crippen LogP contribution in [0.15, 0.2) is 24.3 Å². The summed E-state index contributed by atoms with van der Waals surface area (Å²) in [6.07, 6.45) is 1.73. The summed E-state index contributed by atoms with van der Waals surface area (Å²) >= 11 is 5.87. The van der Waals surface area contributed by atoms with E-state index in [9.17, 15) is 5.11 Å². The van der Waals surface area contributed by atoms with Crippen molar-refractivity contribution in [3.63, 3.8) is 0 Å². The number of hydrogen-bond acceptors (Lipinski definition) is 2. The molecule has 0 aromatic heterocycles. The molecule has 17 heavy (non-hydrogen) atoms. The lowest BCUT2D eigenvalue weighted by atomic mass is 10.0. The zero-order valence-corrected chi connectivity index (χ0v) is 11.6. The highest BCUT2D eigenvalue weighted by Gasteiger charge is 2.19. The molecule has 1 rings (SSSR count). The fourth-order valence-corrected chi connectivity index (χ4v) is 1.79. The normalized spacial score (nSPS) is 16.5. The van der Waals surface area contributed by atoms with Gasteiger partial charge in [0.15, 0.2) is 0 Å². The van der Waals surface area contributed by atoms with Crippen LogP contribution in [0.2, 0.25) is 5.02 Å². The Morgan fingerprint density at radius 3 is 2.35 bits per heavy atom. The average molecular weight is 256 g/mol. The Morgan fingerprint density at radius 1 is 1.29 bits per heavy atom. The summed E-state index contributed by atoms with van der Waals surface area (Å²) in [6, 6.07) is 8.14. The van der Waals surface area contributed by atoms with Crippen molar-refractivity contribution in [2.75, 3.05) is 6.54 Å². The lowest BCUT2D eigenvalue weighted by molar-refractivity contribution is 0.0526. The molecule has 0 aliphatic rings. The van der Waals surface area contributed by atoms with E-state index in [1.54, 1.807) is 0 Å². The zero-order chi connectivity index (χ0) is 12.9. The number of halogens is 1. The number of aliphatic hydroxyl groups is 1. The first-order chi connectivity index (χ1) is 7.98. The van der Waals surface area contributed by atoms with Gasteiger partial charge in [-0.05, 0) is 37.5 Å². The lowest BCUT2D eigenvalue weighted by Gasteiger charge is -2.26. The standard InChI is InChI=1S/C14H22ClNO/c1-4-13(16-10-14(3,17)5-2)11-6-8-12(15)9-7-11/h6-9,13,16-17H,4-5,10H2,1-3H3. The van der Waals surface area contributed by atoms with Crippen molar-refractivity contribution < 1.29 is 5.11 Å². The van der Waals surface area contributed by atoms with Crippen LogP contribution in [0.3, 0.4) is 0 Å². The molecular weight excluding hydrogens is 234 g/mol. The van der Waals surface area contributed by atoms with Gasteiger partial charge in [0.1, 0.15) is 0 Å². The topological polar surface area (TPSA) is 32.3 Å². The molecule has 0 spiro atoms. The van der Waals surface area contributed by atoms with Gasteiger partial charge < -0.3 is 10.4 Å². The maximum Gasteiger partial charge on any atom is 0.0741 e. The molecule has 0 aliphatic carbocycles. The Bertz CT molecular complexity index is 335. The summed E-state index contributed by atoms with van der Waals surface area (Å²) in [5, 5.41) is 14.1. The van der Waals surface area contributed by atoms with Gasteiger partial charge in [-0.2, -0.15) is 0 Å². The number of hydrogen-bond donors (Lipinski definition) is 2. The van der Waals surface area contributed by atoms with E-state index in [4.69, 9.17) is 11.6 Å². The molecule has 0 fully saturated rings. The van der Waals surface area contributed by atoms with E-state index in [2.05, 4.69) is 12.2 Å². The number of nitrogens with one attached hydrogen (secondary N) is 1. The fourth-order valence-electron chi connectivity index (χ4n) is 1.66. The second-order valence-corrected chi connectivity index (χ2v) is 5.18. The molecule has 0 bridgehead atoms. The molecule has 0 saturated carbocycles. The zero-order valence-electron chi connectivity index (χ0n) is 10.8. The largest absolute Gasteiger partial charge is 0.389 e. The van der Waals surface area contributed by atoms with E-state index in [0.717, 1.165) is 17.9 Å². The Balaban J connectivity index is 2.63. The SMILES string of the molecule is CCC(NCC(C)(O)CC)c1ccc(Cl)cc1. The fraction of sp³-hybridized carbons (Fsp3) is 0.571. The predicted octanol–water partition coefficient (Wildman–Crippen LogP) is 3.54. The first-order valence-corrected chi connectivity index (χ1v) is 6.57. The maximum atomic E-state index is 9.98. The number of benzene rings is 1. The molecule has 0 saturated heterocycles. The van der Waals surface area contributed by atoms with Crippen LogP contribution in [0.4, 0.5) is 0 Å². The predicted molar refractivity (Wildman–Crippen MR) is 73.4 cm³/mol. The monoisotopic (exact) mass is 255 g/mol. The third kappa shape index (κ3) is 4.66. The van der Waals surface area contributed by atoms with Crippen molar-refractivity contribution in [1.29, 1.82) is 0 Å². The average Bonchev–Trinajstić information content (AvgIpc) is 2.32. The Kier molecular flexibility index (Phi) is 5.44. The lowest BCUT2D eigenvalue weighted by Crippen LogP contribution is -2.38. The molecule has 0 amide bonds. The van der Waals surface area contributed by atoms with Crippen LogP contribution in [0, 0.1) is 0 Å². The summed E-state index contributed by atoms with van der Waals surface area (Å²) in [6.45, 7) is 6.58. The van der Waals surface area contributed by atoms with Gasteiger partial charge in [-0.3, -0.25) is 0 Å². The summed E-state index contributed by atoms with van der Waals surface area (Å²) in [5.41, 5.74) is 0.573. The molecular formula is C14H22ClNO. The van der Waals surface area contributed by atoms with E-state index >= 15 is 0 Å². The Hall–Kier alpha value is -0.570. The van der Waals surface area contributed by atoms with Crippen molar-refractivity contribution in [2.24, 2.45) is 0 Å². The van der Waals surface area contributed by atoms with E-state index in [1.165, 1.54) is 5.56 Å². The van der Waals surface area contributed by atoms with Gasteiger partial charge >= 0.3 is 0 Å². The van der Waals surface area contributed by atoms with Crippen LogP contribution in [-0.2, 0) is 0 Å². The quantitative estimate of drug-likeness (QED) is 0.815. The molecule has 2 nitrogen and oxygen atoms in total. The minimum absolute atomic E-state index is 0.269. The van der Waals surface area contributed by atoms with E-state index < -0.39 is 5.60 Å². The van der Waals surface area contributed by atoms with Crippen LogP contribution in [0.25, 0.3) is 0 Å². The summed E-state index contributed by atoms with van der Waals surface area (Å²) in [5.74, 6) is 0. The first kappa shape index (κ1) is 14.5. The highest BCUT2D eigenvalue weighted by molar-refractivity contribution is 6.30. The van der Waals surface area contributed by atoms with Gasteiger partial charge in [-0.25, -0.2) is 0 Å². The highest BCUT2D eigenvalue weighted by Crippen LogP contribution is 2.20.